The van der Waals surface area contributed by atoms with E-state index in [1.807, 2.05) is 29.8 Å². The number of esters is 1. The lowest BCUT2D eigenvalue weighted by Gasteiger charge is -2.18. The highest BCUT2D eigenvalue weighted by Crippen LogP contribution is 2.48. The number of ether oxygens (including phenoxy) is 1. The Morgan fingerprint density at radius 2 is 2.07 bits per heavy atom. The molecule has 146 valence electrons. The Kier molecular flexibility index (Phi) is 4.50. The summed E-state index contributed by atoms with van der Waals surface area (Å²) in [7, 11) is 0. The highest BCUT2D eigenvalue weighted by atomic mass is 16.5. The quantitative estimate of drug-likeness (QED) is 0.669. The Labute approximate surface area is 165 Å². The van der Waals surface area contributed by atoms with Crippen LogP contribution in [0.3, 0.4) is 0 Å². The van der Waals surface area contributed by atoms with Crippen molar-refractivity contribution in [2.75, 3.05) is 6.61 Å². The van der Waals surface area contributed by atoms with Crippen molar-refractivity contribution >= 4 is 16.9 Å². The van der Waals surface area contributed by atoms with Gasteiger partial charge in [-0.25, -0.2) is 4.79 Å². The molecule has 1 saturated carbocycles. The van der Waals surface area contributed by atoms with Crippen LogP contribution in [0.5, 0.6) is 0 Å². The van der Waals surface area contributed by atoms with Gasteiger partial charge in [0.25, 0.3) is 0 Å². The van der Waals surface area contributed by atoms with Crippen LogP contribution < -0.4 is 5.73 Å². The third-order valence-corrected chi connectivity index (χ3v) is 5.98. The number of hydrogen-bond donors (Lipinski definition) is 1. The number of rotatable bonds is 5. The van der Waals surface area contributed by atoms with Crippen LogP contribution in [0, 0.1) is 12.8 Å². The van der Waals surface area contributed by atoms with Gasteiger partial charge in [0.2, 0.25) is 0 Å². The zero-order valence-corrected chi connectivity index (χ0v) is 17.0. The molecule has 0 saturated heterocycles. The molecule has 4 rings (SSSR count). The molecule has 0 spiro atoms. The standard InChI is InChI=1S/C23H27N3O2/c1-5-19-15(4)18(9-10-25-19)16-7-8-20-17(11-16)12-21(22(27)28-6-2)26(20)23(24)13-14(23)3/h7-12,14H,5-6,13,24H2,1-4H3. The fourth-order valence-electron chi connectivity index (χ4n) is 4.18. The second-order valence-electron chi connectivity index (χ2n) is 7.74. The molecular weight excluding hydrogens is 350 g/mol. The number of nitrogens with zero attached hydrogens (tertiary/aromatic N) is 2. The first-order valence-electron chi connectivity index (χ1n) is 9.97. The second-order valence-corrected chi connectivity index (χ2v) is 7.74. The third kappa shape index (κ3) is 2.81. The normalized spacial score (nSPS) is 21.1. The van der Waals surface area contributed by atoms with E-state index in [0.29, 0.717) is 18.2 Å². The van der Waals surface area contributed by atoms with Gasteiger partial charge in [0.15, 0.2) is 0 Å². The summed E-state index contributed by atoms with van der Waals surface area (Å²) in [6.07, 6.45) is 3.62. The Hall–Kier alpha value is -2.66. The van der Waals surface area contributed by atoms with E-state index in [-0.39, 0.29) is 5.97 Å². The summed E-state index contributed by atoms with van der Waals surface area (Å²) in [5, 5.41) is 0.999. The molecule has 28 heavy (non-hydrogen) atoms. The van der Waals surface area contributed by atoms with E-state index in [1.54, 1.807) is 0 Å². The van der Waals surface area contributed by atoms with Gasteiger partial charge in [0, 0.05) is 17.3 Å². The minimum Gasteiger partial charge on any atom is -0.461 e. The topological polar surface area (TPSA) is 70.1 Å². The molecule has 2 atom stereocenters. The van der Waals surface area contributed by atoms with Gasteiger partial charge in [0.05, 0.1) is 17.8 Å². The fourth-order valence-corrected chi connectivity index (χ4v) is 4.18. The SMILES string of the molecule is CCOC(=O)c1cc2cc(-c3ccnc(CC)c3C)ccc2n1C1(N)CC1C. The molecule has 2 heterocycles. The molecule has 2 aromatic heterocycles. The summed E-state index contributed by atoms with van der Waals surface area (Å²) < 4.78 is 7.27. The van der Waals surface area contributed by atoms with Crippen molar-refractivity contribution in [3.05, 3.63) is 53.5 Å². The zero-order chi connectivity index (χ0) is 20.1. The number of pyridine rings is 1. The average molecular weight is 377 g/mol. The van der Waals surface area contributed by atoms with E-state index in [1.165, 1.54) is 11.1 Å². The minimum atomic E-state index is -0.521. The maximum absolute atomic E-state index is 12.6. The Morgan fingerprint density at radius 3 is 2.71 bits per heavy atom. The predicted octanol–water partition coefficient (Wildman–Crippen LogP) is 4.40. The molecule has 3 aromatic rings. The van der Waals surface area contributed by atoms with Gasteiger partial charge >= 0.3 is 5.97 Å². The molecule has 5 heteroatoms. The van der Waals surface area contributed by atoms with E-state index in [2.05, 4.69) is 44.0 Å². The number of aryl methyl sites for hydroxylation is 1. The van der Waals surface area contributed by atoms with Crippen LogP contribution in [0.2, 0.25) is 0 Å². The zero-order valence-electron chi connectivity index (χ0n) is 17.0. The van der Waals surface area contributed by atoms with Gasteiger partial charge in [-0.15, -0.1) is 0 Å². The molecule has 2 unspecified atom stereocenters. The summed E-state index contributed by atoms with van der Waals surface area (Å²) in [5.74, 6) is 0.00282. The number of carbonyl (C=O) groups is 1. The lowest BCUT2D eigenvalue weighted by molar-refractivity contribution is 0.0510. The number of hydrogen-bond acceptors (Lipinski definition) is 4. The molecule has 0 amide bonds. The summed E-state index contributed by atoms with van der Waals surface area (Å²) in [6.45, 7) is 8.50. The number of aromatic nitrogens is 2. The lowest BCUT2D eigenvalue weighted by atomic mass is 9.98. The van der Waals surface area contributed by atoms with Crippen LogP contribution >= 0.6 is 0 Å². The number of fused-ring (bicyclic) bond motifs is 1. The summed E-state index contributed by atoms with van der Waals surface area (Å²) in [4.78, 5) is 17.1. The molecule has 0 bridgehead atoms. The molecular formula is C23H27N3O2. The Morgan fingerprint density at radius 1 is 1.32 bits per heavy atom. The second kappa shape index (κ2) is 6.74. The molecule has 0 radical (unpaired) electrons. The summed E-state index contributed by atoms with van der Waals surface area (Å²) >= 11 is 0. The van der Waals surface area contributed by atoms with E-state index < -0.39 is 5.66 Å². The fraction of sp³-hybridized carbons (Fsp3) is 0.391. The van der Waals surface area contributed by atoms with E-state index in [9.17, 15) is 4.79 Å². The minimum absolute atomic E-state index is 0.322. The van der Waals surface area contributed by atoms with Crippen molar-refractivity contribution in [2.45, 2.75) is 46.2 Å². The first-order chi connectivity index (χ1) is 13.4. The molecule has 1 aromatic carbocycles. The highest BCUT2D eigenvalue weighted by Gasteiger charge is 2.51. The van der Waals surface area contributed by atoms with E-state index >= 15 is 0 Å². The monoisotopic (exact) mass is 377 g/mol. The highest BCUT2D eigenvalue weighted by molar-refractivity contribution is 5.97. The number of nitrogens with two attached hydrogens (primary N) is 1. The van der Waals surface area contributed by atoms with Gasteiger partial charge in [-0.2, -0.15) is 0 Å². The smallest absolute Gasteiger partial charge is 0.355 e. The number of carbonyl (C=O) groups excluding carboxylic acids is 1. The van der Waals surface area contributed by atoms with Crippen LogP contribution in [0.1, 0.15) is 48.9 Å². The maximum Gasteiger partial charge on any atom is 0.355 e. The Balaban J connectivity index is 1.89. The molecule has 1 aliphatic carbocycles. The predicted molar refractivity (Wildman–Crippen MR) is 111 cm³/mol. The van der Waals surface area contributed by atoms with E-state index in [4.69, 9.17) is 10.5 Å². The van der Waals surface area contributed by atoms with Crippen molar-refractivity contribution in [3.8, 4) is 11.1 Å². The number of benzene rings is 1. The maximum atomic E-state index is 12.6. The van der Waals surface area contributed by atoms with Crippen molar-refractivity contribution in [3.63, 3.8) is 0 Å². The summed E-state index contributed by atoms with van der Waals surface area (Å²) in [6, 6.07) is 10.3. The van der Waals surface area contributed by atoms with E-state index in [0.717, 1.165) is 35.0 Å². The van der Waals surface area contributed by atoms with Crippen LogP contribution in [0.15, 0.2) is 36.5 Å². The van der Waals surface area contributed by atoms with Gasteiger partial charge in [0.1, 0.15) is 5.69 Å². The van der Waals surface area contributed by atoms with Crippen LogP contribution in [0.25, 0.3) is 22.0 Å². The van der Waals surface area contributed by atoms with Crippen molar-refractivity contribution in [1.29, 1.82) is 0 Å². The molecule has 5 nitrogen and oxygen atoms in total. The Bertz CT molecular complexity index is 1070. The van der Waals surface area contributed by atoms with Crippen molar-refractivity contribution in [1.82, 2.24) is 9.55 Å². The lowest BCUT2D eigenvalue weighted by Crippen LogP contribution is -2.32. The molecule has 1 aliphatic rings. The van der Waals surface area contributed by atoms with Crippen LogP contribution in [-0.2, 0) is 16.8 Å². The molecule has 2 N–H and O–H groups in total. The van der Waals surface area contributed by atoms with Crippen molar-refractivity contribution in [2.24, 2.45) is 11.7 Å². The average Bonchev–Trinajstić information content (AvgIpc) is 3.12. The summed E-state index contributed by atoms with van der Waals surface area (Å²) in [5.41, 5.74) is 12.2. The third-order valence-electron chi connectivity index (χ3n) is 5.98. The first-order valence-corrected chi connectivity index (χ1v) is 9.97. The van der Waals surface area contributed by atoms with Gasteiger partial charge in [-0.05, 0) is 73.6 Å². The van der Waals surface area contributed by atoms with Gasteiger partial charge in [-0.3, -0.25) is 4.98 Å². The largest absolute Gasteiger partial charge is 0.461 e. The van der Waals surface area contributed by atoms with Crippen LogP contribution in [0.4, 0.5) is 0 Å². The molecule has 0 aliphatic heterocycles. The van der Waals surface area contributed by atoms with Crippen LogP contribution in [-0.4, -0.2) is 22.1 Å². The van der Waals surface area contributed by atoms with Gasteiger partial charge < -0.3 is 15.0 Å². The first kappa shape index (κ1) is 18.7. The van der Waals surface area contributed by atoms with Crippen molar-refractivity contribution < 1.29 is 9.53 Å². The molecule has 1 fully saturated rings. The van der Waals surface area contributed by atoms with Gasteiger partial charge in [-0.1, -0.05) is 19.9 Å².